The second-order valence-corrected chi connectivity index (χ2v) is 14.1. The van der Waals surface area contributed by atoms with Crippen molar-refractivity contribution in [2.45, 2.75) is 88.9 Å². The van der Waals surface area contributed by atoms with Crippen molar-refractivity contribution in [2.24, 2.45) is 0 Å². The van der Waals surface area contributed by atoms with Gasteiger partial charge >= 0.3 is 0 Å². The van der Waals surface area contributed by atoms with Crippen molar-refractivity contribution in [2.75, 3.05) is 18.0 Å². The predicted octanol–water partition coefficient (Wildman–Crippen LogP) is 7.95. The van der Waals surface area contributed by atoms with E-state index in [4.69, 9.17) is 9.97 Å². The average Bonchev–Trinajstić information content (AvgIpc) is 3.85. The van der Waals surface area contributed by atoms with Crippen LogP contribution in [0.25, 0.3) is 22.1 Å². The summed E-state index contributed by atoms with van der Waals surface area (Å²) in [5.74, 6) is 1.17. The fourth-order valence-corrected chi connectivity index (χ4v) is 7.73. The van der Waals surface area contributed by atoms with Crippen LogP contribution in [0.3, 0.4) is 0 Å². The Bertz CT molecular complexity index is 1750. The van der Waals surface area contributed by atoms with Crippen LogP contribution in [0.15, 0.2) is 48.5 Å². The second kappa shape index (κ2) is 10.9. The molecule has 7 nitrogen and oxygen atoms in total. The van der Waals surface area contributed by atoms with Gasteiger partial charge in [0.05, 0.1) is 46.2 Å². The number of aromatic amines is 2. The van der Waals surface area contributed by atoms with Gasteiger partial charge in [0.25, 0.3) is 0 Å². The quantitative estimate of drug-likeness (QED) is 0.163. The number of anilines is 1. The molecule has 3 aromatic carbocycles. The van der Waals surface area contributed by atoms with Crippen molar-refractivity contribution in [3.63, 3.8) is 0 Å². The molecule has 8 rings (SSSR count). The summed E-state index contributed by atoms with van der Waals surface area (Å²) >= 11 is 0. The van der Waals surface area contributed by atoms with Gasteiger partial charge in [-0.25, -0.2) is 18.7 Å². The van der Waals surface area contributed by atoms with Gasteiger partial charge in [0.15, 0.2) is 0 Å². The molecule has 0 bridgehead atoms. The molecule has 3 saturated heterocycles. The number of rotatable bonds is 5. The fraction of sp³-hybridized carbons (Fsp3) is 0.444. The van der Waals surface area contributed by atoms with Crippen molar-refractivity contribution in [3.05, 3.63) is 88.5 Å². The van der Waals surface area contributed by atoms with E-state index < -0.39 is 0 Å². The summed E-state index contributed by atoms with van der Waals surface area (Å²) in [5, 5.41) is 6.96. The maximum atomic E-state index is 16.0. The molecule has 45 heavy (non-hydrogen) atoms. The number of aromatic nitrogens is 4. The first-order chi connectivity index (χ1) is 21.7. The Labute approximate surface area is 262 Å². The number of nitrogens with one attached hydrogen (secondary N) is 4. The number of H-pyrrole nitrogens is 2. The number of halogens is 2. The highest BCUT2D eigenvalue weighted by molar-refractivity contribution is 5.78. The first-order valence-corrected chi connectivity index (χ1v) is 16.5. The molecule has 4 unspecified atom stereocenters. The van der Waals surface area contributed by atoms with Gasteiger partial charge < -0.3 is 25.5 Å². The van der Waals surface area contributed by atoms with Gasteiger partial charge in [-0.2, -0.15) is 0 Å². The van der Waals surface area contributed by atoms with Crippen LogP contribution >= 0.6 is 0 Å². The summed E-state index contributed by atoms with van der Waals surface area (Å²) in [6.45, 7) is 8.51. The molecule has 3 aliphatic rings. The topological polar surface area (TPSA) is 84.7 Å². The van der Waals surface area contributed by atoms with Gasteiger partial charge in [0, 0.05) is 28.9 Å². The number of hydrogen-bond donors (Lipinski definition) is 4. The molecule has 0 saturated carbocycles. The second-order valence-electron chi connectivity index (χ2n) is 14.1. The Hall–Kier alpha value is -3.82. The molecule has 2 aromatic heterocycles. The van der Waals surface area contributed by atoms with Gasteiger partial charge in [-0.05, 0) is 86.9 Å². The first-order valence-electron chi connectivity index (χ1n) is 16.5. The monoisotopic (exact) mass is 609 g/mol. The zero-order chi connectivity index (χ0) is 30.9. The standard InChI is InChI=1S/C36H41F2N7/c1-36(2,3)20-8-10-21(11-9-20)45-32(22-16-28-30(18-24(22)37)43-34(41-28)26-6-4-14-39-26)12-13-33(45)23-17-29-31(19-25(23)38)44-35(42-29)27-7-5-15-40-27/h8-11,16-19,26-27,32-33,39-40H,4-7,12-15H2,1-3H3,(H,41,43)(H,42,44). The van der Waals surface area contributed by atoms with E-state index >= 15 is 8.78 Å². The molecule has 234 valence electrons. The molecule has 3 fully saturated rings. The molecular weight excluding hydrogens is 568 g/mol. The summed E-state index contributed by atoms with van der Waals surface area (Å²) in [7, 11) is 0. The molecule has 5 aromatic rings. The van der Waals surface area contributed by atoms with E-state index in [2.05, 4.69) is 70.5 Å². The van der Waals surface area contributed by atoms with E-state index in [1.165, 1.54) is 5.56 Å². The van der Waals surface area contributed by atoms with Crippen LogP contribution in [0.4, 0.5) is 14.5 Å². The highest BCUT2D eigenvalue weighted by Crippen LogP contribution is 2.49. The van der Waals surface area contributed by atoms with Crippen molar-refractivity contribution in [1.82, 2.24) is 30.6 Å². The van der Waals surface area contributed by atoms with Crippen molar-refractivity contribution < 1.29 is 8.78 Å². The van der Waals surface area contributed by atoms with E-state index in [0.717, 1.165) is 67.1 Å². The lowest BCUT2D eigenvalue weighted by Crippen LogP contribution is -2.27. The summed E-state index contributed by atoms with van der Waals surface area (Å²) in [6, 6.07) is 15.3. The van der Waals surface area contributed by atoms with Crippen molar-refractivity contribution >= 4 is 27.8 Å². The summed E-state index contributed by atoms with van der Waals surface area (Å²) < 4.78 is 32.1. The third-order valence-electron chi connectivity index (χ3n) is 10.2. The Balaban J connectivity index is 1.21. The molecule has 9 heteroatoms. The maximum absolute atomic E-state index is 16.0. The maximum Gasteiger partial charge on any atom is 0.130 e. The third kappa shape index (κ3) is 5.10. The van der Waals surface area contributed by atoms with Crippen LogP contribution in [-0.2, 0) is 5.41 Å². The number of fused-ring (bicyclic) bond motifs is 2. The molecule has 0 radical (unpaired) electrons. The minimum Gasteiger partial charge on any atom is -0.357 e. The van der Waals surface area contributed by atoms with E-state index in [-0.39, 0.29) is 41.2 Å². The molecule has 4 N–H and O–H groups in total. The van der Waals surface area contributed by atoms with Crippen LogP contribution in [0.5, 0.6) is 0 Å². The summed E-state index contributed by atoms with van der Waals surface area (Å²) in [5.41, 5.74) is 6.33. The summed E-state index contributed by atoms with van der Waals surface area (Å²) in [6.07, 6.45) is 5.63. The molecule has 4 atom stereocenters. The van der Waals surface area contributed by atoms with Crippen LogP contribution in [0.2, 0.25) is 0 Å². The fourth-order valence-electron chi connectivity index (χ4n) is 7.73. The van der Waals surface area contributed by atoms with Crippen LogP contribution in [-0.4, -0.2) is 33.0 Å². The minimum atomic E-state index is -0.278. The smallest absolute Gasteiger partial charge is 0.130 e. The Kier molecular flexibility index (Phi) is 6.95. The molecule has 0 amide bonds. The van der Waals surface area contributed by atoms with Gasteiger partial charge in [-0.1, -0.05) is 32.9 Å². The molecular formula is C36H41F2N7. The van der Waals surface area contributed by atoms with Gasteiger partial charge in [0.1, 0.15) is 23.3 Å². The van der Waals surface area contributed by atoms with Gasteiger partial charge in [-0.15, -0.1) is 0 Å². The van der Waals surface area contributed by atoms with Crippen LogP contribution in [0, 0.1) is 11.6 Å². The SMILES string of the molecule is CC(C)(C)c1ccc(N2C(c3cc4[nH]c(C5CCCN5)nc4cc3F)CCC2c2cc3[nH]c(C4CCCN4)nc3cc2F)cc1. The Morgan fingerprint density at radius 3 is 1.60 bits per heavy atom. The number of hydrogen-bond acceptors (Lipinski definition) is 5. The lowest BCUT2D eigenvalue weighted by Gasteiger charge is -2.34. The van der Waals surface area contributed by atoms with E-state index in [9.17, 15) is 0 Å². The Morgan fingerprint density at radius 1 is 0.689 bits per heavy atom. The normalized spacial score (nSPS) is 24.1. The van der Waals surface area contributed by atoms with Gasteiger partial charge in [-0.3, -0.25) is 0 Å². The molecule has 0 spiro atoms. The van der Waals surface area contributed by atoms with Crippen LogP contribution < -0.4 is 15.5 Å². The average molecular weight is 610 g/mol. The number of imidazole rings is 2. The van der Waals surface area contributed by atoms with Crippen molar-refractivity contribution in [3.8, 4) is 0 Å². The largest absolute Gasteiger partial charge is 0.357 e. The van der Waals surface area contributed by atoms with Crippen LogP contribution in [0.1, 0.15) is 112 Å². The van der Waals surface area contributed by atoms with E-state index in [0.29, 0.717) is 35.0 Å². The third-order valence-corrected chi connectivity index (χ3v) is 10.2. The lowest BCUT2D eigenvalue weighted by molar-refractivity contribution is 0.563. The minimum absolute atomic E-state index is 0.00434. The highest BCUT2D eigenvalue weighted by atomic mass is 19.1. The number of benzene rings is 3. The van der Waals surface area contributed by atoms with Crippen molar-refractivity contribution in [1.29, 1.82) is 0 Å². The molecule has 0 aliphatic carbocycles. The number of nitrogens with zero attached hydrogens (tertiary/aromatic N) is 3. The zero-order valence-corrected chi connectivity index (χ0v) is 26.2. The molecule has 3 aliphatic heterocycles. The molecule has 5 heterocycles. The highest BCUT2D eigenvalue weighted by Gasteiger charge is 2.39. The predicted molar refractivity (Wildman–Crippen MR) is 174 cm³/mol. The summed E-state index contributed by atoms with van der Waals surface area (Å²) in [4.78, 5) is 18.6. The Morgan fingerprint density at radius 2 is 1.18 bits per heavy atom. The van der Waals surface area contributed by atoms with E-state index in [1.54, 1.807) is 12.1 Å². The van der Waals surface area contributed by atoms with E-state index in [1.807, 2.05) is 12.1 Å². The van der Waals surface area contributed by atoms with Gasteiger partial charge in [0.2, 0.25) is 0 Å². The zero-order valence-electron chi connectivity index (χ0n) is 26.2. The first kappa shape index (κ1) is 28.6. The lowest BCUT2D eigenvalue weighted by atomic mass is 9.87.